The molecule has 1 heterocycles. The van der Waals surface area contributed by atoms with E-state index in [0.29, 0.717) is 12.0 Å². The number of hydrogen-bond donors (Lipinski definition) is 1. The third-order valence-electron chi connectivity index (χ3n) is 4.89. The van der Waals surface area contributed by atoms with Gasteiger partial charge in [0.1, 0.15) is 0 Å². The van der Waals surface area contributed by atoms with E-state index < -0.39 is 5.97 Å². The van der Waals surface area contributed by atoms with Gasteiger partial charge in [-0.15, -0.1) is 11.3 Å². The SMILES string of the molecule is CCc1cc(-c2ccc(-c3c(C)cccc3CC)s2)cc(C)c1C(=O)O. The molecule has 2 aromatic carbocycles. The zero-order valence-electron chi connectivity index (χ0n) is 15.7. The highest BCUT2D eigenvalue weighted by Crippen LogP contribution is 2.38. The number of aryl methyl sites for hydroxylation is 4. The number of hydrogen-bond acceptors (Lipinski definition) is 2. The van der Waals surface area contributed by atoms with Crippen molar-refractivity contribution in [2.75, 3.05) is 0 Å². The lowest BCUT2D eigenvalue weighted by Gasteiger charge is -2.11. The van der Waals surface area contributed by atoms with Crippen molar-refractivity contribution in [1.29, 1.82) is 0 Å². The molecule has 0 saturated heterocycles. The van der Waals surface area contributed by atoms with Gasteiger partial charge < -0.3 is 5.11 Å². The van der Waals surface area contributed by atoms with Crippen molar-refractivity contribution in [2.45, 2.75) is 40.5 Å². The molecule has 0 fully saturated rings. The summed E-state index contributed by atoms with van der Waals surface area (Å²) in [5.74, 6) is -0.842. The van der Waals surface area contributed by atoms with E-state index in [0.717, 1.165) is 23.1 Å². The van der Waals surface area contributed by atoms with Crippen LogP contribution in [0.15, 0.2) is 42.5 Å². The molecule has 0 aliphatic carbocycles. The first-order chi connectivity index (χ1) is 12.5. The molecule has 26 heavy (non-hydrogen) atoms. The van der Waals surface area contributed by atoms with Crippen molar-refractivity contribution >= 4 is 17.3 Å². The maximum Gasteiger partial charge on any atom is 0.336 e. The summed E-state index contributed by atoms with van der Waals surface area (Å²) in [6.07, 6.45) is 1.73. The van der Waals surface area contributed by atoms with Crippen molar-refractivity contribution in [3.63, 3.8) is 0 Å². The Labute approximate surface area is 159 Å². The third kappa shape index (κ3) is 3.32. The topological polar surface area (TPSA) is 37.3 Å². The Morgan fingerprint density at radius 2 is 1.62 bits per heavy atom. The van der Waals surface area contributed by atoms with Crippen LogP contribution < -0.4 is 0 Å². The van der Waals surface area contributed by atoms with Gasteiger partial charge in [-0.3, -0.25) is 0 Å². The smallest absolute Gasteiger partial charge is 0.336 e. The monoisotopic (exact) mass is 364 g/mol. The first kappa shape index (κ1) is 18.4. The first-order valence-electron chi connectivity index (χ1n) is 9.02. The molecule has 0 atom stereocenters. The summed E-state index contributed by atoms with van der Waals surface area (Å²) in [5, 5.41) is 9.48. The van der Waals surface area contributed by atoms with Crippen molar-refractivity contribution in [3.05, 3.63) is 70.3 Å². The predicted molar refractivity (Wildman–Crippen MR) is 110 cm³/mol. The predicted octanol–water partition coefficient (Wildman–Crippen LogP) is 6.52. The van der Waals surface area contributed by atoms with Crippen LogP contribution >= 0.6 is 11.3 Å². The Morgan fingerprint density at radius 1 is 0.923 bits per heavy atom. The maximum atomic E-state index is 11.5. The van der Waals surface area contributed by atoms with Crippen molar-refractivity contribution in [2.24, 2.45) is 0 Å². The highest BCUT2D eigenvalue weighted by Gasteiger charge is 2.16. The number of benzene rings is 2. The molecular formula is C23H24O2S. The Kier molecular flexibility index (Phi) is 5.28. The molecule has 0 saturated carbocycles. The zero-order valence-corrected chi connectivity index (χ0v) is 16.5. The van der Waals surface area contributed by atoms with Gasteiger partial charge in [-0.1, -0.05) is 32.0 Å². The van der Waals surface area contributed by atoms with Crippen LogP contribution in [0.25, 0.3) is 20.9 Å². The quantitative estimate of drug-likeness (QED) is 0.559. The molecule has 0 aliphatic rings. The van der Waals surface area contributed by atoms with Gasteiger partial charge in [0.05, 0.1) is 5.56 Å². The van der Waals surface area contributed by atoms with E-state index in [1.807, 2.05) is 26.0 Å². The molecule has 0 unspecified atom stereocenters. The van der Waals surface area contributed by atoms with Crippen molar-refractivity contribution in [1.82, 2.24) is 0 Å². The van der Waals surface area contributed by atoms with Gasteiger partial charge in [-0.2, -0.15) is 0 Å². The molecule has 0 radical (unpaired) electrons. The van der Waals surface area contributed by atoms with Crippen molar-refractivity contribution < 1.29 is 9.90 Å². The standard InChI is InChI=1S/C23H24O2S/c1-5-16-9-7-8-14(3)21(16)20-11-10-19(26-20)18-12-15(4)22(23(24)25)17(6-2)13-18/h7-13H,5-6H2,1-4H3,(H,24,25). The summed E-state index contributed by atoms with van der Waals surface area (Å²) in [5.41, 5.74) is 7.27. The van der Waals surface area contributed by atoms with Crippen LogP contribution in [0.5, 0.6) is 0 Å². The van der Waals surface area contributed by atoms with E-state index in [9.17, 15) is 9.90 Å². The summed E-state index contributed by atoms with van der Waals surface area (Å²) in [6.45, 7) is 8.24. The van der Waals surface area contributed by atoms with Crippen LogP contribution in [0.4, 0.5) is 0 Å². The van der Waals surface area contributed by atoms with Crippen LogP contribution in [0.2, 0.25) is 0 Å². The van der Waals surface area contributed by atoms with E-state index in [1.54, 1.807) is 11.3 Å². The van der Waals surface area contributed by atoms with Gasteiger partial charge in [0.25, 0.3) is 0 Å². The molecule has 3 rings (SSSR count). The number of carboxylic acid groups (broad SMARTS) is 1. The highest BCUT2D eigenvalue weighted by molar-refractivity contribution is 7.18. The van der Waals surface area contributed by atoms with E-state index in [-0.39, 0.29) is 0 Å². The molecule has 3 aromatic rings. The minimum Gasteiger partial charge on any atom is -0.478 e. The molecule has 0 aliphatic heterocycles. The molecule has 134 valence electrons. The molecule has 2 nitrogen and oxygen atoms in total. The summed E-state index contributed by atoms with van der Waals surface area (Å²) in [4.78, 5) is 14.0. The number of thiophene rings is 1. The summed E-state index contributed by atoms with van der Waals surface area (Å²) in [7, 11) is 0. The van der Waals surface area contributed by atoms with Gasteiger partial charge in [-0.25, -0.2) is 4.79 Å². The Morgan fingerprint density at radius 3 is 2.27 bits per heavy atom. The van der Waals surface area contributed by atoms with Crippen LogP contribution in [0.1, 0.15) is 46.5 Å². The average molecular weight is 365 g/mol. The van der Waals surface area contributed by atoms with Crippen LogP contribution in [0, 0.1) is 13.8 Å². The van der Waals surface area contributed by atoms with Gasteiger partial charge in [0.15, 0.2) is 0 Å². The van der Waals surface area contributed by atoms with E-state index in [4.69, 9.17) is 0 Å². The lowest BCUT2D eigenvalue weighted by atomic mass is 9.96. The van der Waals surface area contributed by atoms with E-state index in [2.05, 4.69) is 44.2 Å². The summed E-state index contributed by atoms with van der Waals surface area (Å²) in [6, 6.07) is 14.8. The molecule has 0 amide bonds. The highest BCUT2D eigenvalue weighted by atomic mass is 32.1. The average Bonchev–Trinajstić information content (AvgIpc) is 3.09. The van der Waals surface area contributed by atoms with Crippen molar-refractivity contribution in [3.8, 4) is 20.9 Å². The molecule has 1 N–H and O–H groups in total. The zero-order chi connectivity index (χ0) is 18.8. The number of carbonyl (C=O) groups is 1. The number of aromatic carboxylic acids is 1. The Bertz CT molecular complexity index is 966. The van der Waals surface area contributed by atoms with Crippen LogP contribution in [0.3, 0.4) is 0 Å². The minimum atomic E-state index is -0.842. The first-order valence-corrected chi connectivity index (χ1v) is 9.83. The van der Waals surface area contributed by atoms with Crippen LogP contribution in [-0.4, -0.2) is 11.1 Å². The third-order valence-corrected chi connectivity index (χ3v) is 6.04. The number of rotatable bonds is 5. The van der Waals surface area contributed by atoms with Gasteiger partial charge >= 0.3 is 5.97 Å². The Balaban J connectivity index is 2.09. The lowest BCUT2D eigenvalue weighted by molar-refractivity contribution is 0.0695. The summed E-state index contributed by atoms with van der Waals surface area (Å²) < 4.78 is 0. The van der Waals surface area contributed by atoms with Gasteiger partial charge in [0, 0.05) is 9.75 Å². The van der Waals surface area contributed by atoms with Gasteiger partial charge in [0.2, 0.25) is 0 Å². The largest absolute Gasteiger partial charge is 0.478 e. The van der Waals surface area contributed by atoms with E-state index >= 15 is 0 Å². The fraction of sp³-hybridized carbons (Fsp3) is 0.261. The fourth-order valence-corrected chi connectivity index (χ4v) is 4.73. The fourth-order valence-electron chi connectivity index (χ4n) is 3.59. The molecule has 3 heteroatoms. The molecule has 1 aromatic heterocycles. The maximum absolute atomic E-state index is 11.5. The van der Waals surface area contributed by atoms with E-state index in [1.165, 1.54) is 26.4 Å². The molecule has 0 bridgehead atoms. The second kappa shape index (κ2) is 7.46. The molecule has 0 spiro atoms. The van der Waals surface area contributed by atoms with Crippen LogP contribution in [-0.2, 0) is 12.8 Å². The van der Waals surface area contributed by atoms with Gasteiger partial charge in [-0.05, 0) is 84.3 Å². The lowest BCUT2D eigenvalue weighted by Crippen LogP contribution is -2.05. The minimum absolute atomic E-state index is 0.445. The second-order valence-corrected chi connectivity index (χ2v) is 7.70. The summed E-state index contributed by atoms with van der Waals surface area (Å²) >= 11 is 1.78. The molecular weight excluding hydrogens is 340 g/mol. The second-order valence-electron chi connectivity index (χ2n) is 6.61. The number of carboxylic acids is 1. The normalized spacial score (nSPS) is 10.9. The Hall–Kier alpha value is -2.39.